The van der Waals surface area contributed by atoms with E-state index in [-0.39, 0.29) is 6.42 Å². The third kappa shape index (κ3) is 13.1. The van der Waals surface area contributed by atoms with E-state index in [9.17, 15) is 16.8 Å². The molecule has 0 bridgehead atoms. The first-order valence-corrected chi connectivity index (χ1v) is 12.1. The molecule has 6 nitrogen and oxygen atoms in total. The van der Waals surface area contributed by atoms with E-state index in [2.05, 4.69) is 6.92 Å². The van der Waals surface area contributed by atoms with Crippen LogP contribution in [-0.4, -0.2) is 30.5 Å². The summed E-state index contributed by atoms with van der Waals surface area (Å²) in [5.74, 6) is 0. The van der Waals surface area contributed by atoms with Gasteiger partial charge >= 0.3 is 0 Å². The molecule has 0 aromatic heterocycles. The fourth-order valence-corrected chi connectivity index (χ4v) is 4.94. The van der Waals surface area contributed by atoms with Crippen LogP contribution in [0, 0.1) is 0 Å². The van der Waals surface area contributed by atoms with Crippen molar-refractivity contribution in [2.75, 3.05) is 0 Å². The van der Waals surface area contributed by atoms with Gasteiger partial charge in [-0.25, -0.2) is 0 Å². The van der Waals surface area contributed by atoms with Crippen molar-refractivity contribution in [1.82, 2.24) is 0 Å². The summed E-state index contributed by atoms with van der Waals surface area (Å²) in [7, 11) is -9.55. The molecule has 0 amide bonds. The first-order chi connectivity index (χ1) is 11.2. The summed E-state index contributed by atoms with van der Waals surface area (Å²) in [4.78, 5) is 0. The molecule has 0 unspecified atom stereocenters. The molecule has 0 saturated heterocycles. The molecule has 0 radical (unpaired) electrons. The van der Waals surface area contributed by atoms with Gasteiger partial charge in [0.05, 0.1) is 0 Å². The van der Waals surface area contributed by atoms with Gasteiger partial charge in [0.1, 0.15) is 0 Å². The highest BCUT2D eigenvalue weighted by molar-refractivity contribution is 8.03. The molecule has 0 heterocycles. The second-order valence-electron chi connectivity index (χ2n) is 6.49. The van der Waals surface area contributed by atoms with E-state index in [1.54, 1.807) is 0 Å². The summed E-state index contributed by atoms with van der Waals surface area (Å²) in [6.45, 7) is 2.21. The number of unbranched alkanes of at least 4 members (excludes halogenated alkanes) is 12. The molecule has 0 saturated carbocycles. The fourth-order valence-electron chi connectivity index (χ4n) is 2.78. The van der Waals surface area contributed by atoms with Gasteiger partial charge in [-0.3, -0.25) is 9.11 Å². The molecular weight excluding hydrogens is 352 g/mol. The maximum absolute atomic E-state index is 10.9. The minimum absolute atomic E-state index is 0.268. The Hall–Kier alpha value is -0.180. The van der Waals surface area contributed by atoms with Crippen LogP contribution in [0.4, 0.5) is 0 Å². The molecule has 0 fully saturated rings. The monoisotopic (exact) mass is 386 g/mol. The van der Waals surface area contributed by atoms with Gasteiger partial charge in [0, 0.05) is 0 Å². The van der Waals surface area contributed by atoms with Crippen LogP contribution in [0.15, 0.2) is 0 Å². The first kappa shape index (κ1) is 23.8. The Bertz CT molecular complexity index is 467. The molecule has 0 rings (SSSR count). The smallest absolute Gasteiger partial charge is 0.284 e. The van der Waals surface area contributed by atoms with Crippen LogP contribution in [0.2, 0.25) is 0 Å². The fraction of sp³-hybridized carbons (Fsp3) is 1.00. The topological polar surface area (TPSA) is 109 Å². The number of rotatable bonds is 16. The van der Waals surface area contributed by atoms with Gasteiger partial charge in [-0.2, -0.15) is 16.8 Å². The van der Waals surface area contributed by atoms with E-state index >= 15 is 0 Å². The lowest BCUT2D eigenvalue weighted by Gasteiger charge is -2.10. The van der Waals surface area contributed by atoms with Gasteiger partial charge in [0.15, 0.2) is 0 Å². The second kappa shape index (κ2) is 13.1. The van der Waals surface area contributed by atoms with Crippen molar-refractivity contribution in [3.63, 3.8) is 0 Å². The zero-order chi connectivity index (χ0) is 18.5. The molecule has 0 aromatic carbocycles. The van der Waals surface area contributed by atoms with Gasteiger partial charge in [-0.15, -0.1) is 0 Å². The highest BCUT2D eigenvalue weighted by Crippen LogP contribution is 2.17. The minimum atomic E-state index is -4.78. The standard InChI is InChI=1S/C16H34O6S2/c1-2-3-4-5-6-7-8-9-10-11-12-13-14-15-16(23(17,18)19)24(20,21)22/h16H,2-15H2,1H3,(H,17,18,19)(H,20,21,22). The highest BCUT2D eigenvalue weighted by Gasteiger charge is 2.34. The molecule has 8 heteroatoms. The zero-order valence-electron chi connectivity index (χ0n) is 14.8. The van der Waals surface area contributed by atoms with Crippen molar-refractivity contribution in [3.05, 3.63) is 0 Å². The highest BCUT2D eigenvalue weighted by atomic mass is 32.3. The van der Waals surface area contributed by atoms with Crippen LogP contribution >= 0.6 is 0 Å². The summed E-state index contributed by atoms with van der Waals surface area (Å²) in [5.41, 5.74) is 0. The predicted octanol–water partition coefficient (Wildman–Crippen LogP) is 4.57. The Morgan fingerprint density at radius 2 is 0.875 bits per heavy atom. The molecule has 0 atom stereocenters. The summed E-state index contributed by atoms with van der Waals surface area (Å²) in [6, 6.07) is 0. The Balaban J connectivity index is 3.57. The third-order valence-electron chi connectivity index (χ3n) is 4.21. The van der Waals surface area contributed by atoms with Crippen molar-refractivity contribution < 1.29 is 25.9 Å². The SMILES string of the molecule is CCCCCCCCCCCCCCCC(S(=O)(=O)O)S(=O)(=O)O. The lowest BCUT2D eigenvalue weighted by atomic mass is 10.0. The van der Waals surface area contributed by atoms with Crippen molar-refractivity contribution in [1.29, 1.82) is 0 Å². The van der Waals surface area contributed by atoms with Crippen LogP contribution in [0.3, 0.4) is 0 Å². The quantitative estimate of drug-likeness (QED) is 0.297. The lowest BCUT2D eigenvalue weighted by Crippen LogP contribution is -2.29. The van der Waals surface area contributed by atoms with E-state index in [1.807, 2.05) is 0 Å². The molecule has 2 N–H and O–H groups in total. The number of hydrogen-bond donors (Lipinski definition) is 2. The lowest BCUT2D eigenvalue weighted by molar-refractivity contribution is 0.446. The van der Waals surface area contributed by atoms with Gasteiger partial charge < -0.3 is 0 Å². The van der Waals surface area contributed by atoms with Crippen LogP contribution in [0.1, 0.15) is 96.8 Å². The summed E-state index contributed by atoms with van der Waals surface area (Å²) in [6.07, 6.45) is 14.2. The Morgan fingerprint density at radius 3 is 1.17 bits per heavy atom. The second-order valence-corrected chi connectivity index (χ2v) is 9.99. The van der Waals surface area contributed by atoms with E-state index in [4.69, 9.17) is 9.11 Å². The normalized spacial score (nSPS) is 12.8. The molecule has 146 valence electrons. The average molecular weight is 387 g/mol. The summed E-state index contributed by atoms with van der Waals surface area (Å²) >= 11 is 0. The van der Waals surface area contributed by atoms with E-state index < -0.39 is 24.8 Å². The maximum atomic E-state index is 10.9. The maximum Gasteiger partial charge on any atom is 0.284 e. The van der Waals surface area contributed by atoms with Gasteiger partial charge in [0.25, 0.3) is 20.2 Å². The molecule has 0 aromatic rings. The van der Waals surface area contributed by atoms with E-state index in [0.717, 1.165) is 19.3 Å². The van der Waals surface area contributed by atoms with E-state index in [1.165, 1.54) is 51.4 Å². The average Bonchev–Trinajstić information content (AvgIpc) is 2.45. The number of hydrogen-bond acceptors (Lipinski definition) is 4. The predicted molar refractivity (Wildman–Crippen MR) is 97.2 cm³/mol. The van der Waals surface area contributed by atoms with Gasteiger partial charge in [0.2, 0.25) is 4.58 Å². The Labute approximate surface area is 147 Å². The third-order valence-corrected chi connectivity index (χ3v) is 7.47. The molecule has 0 aliphatic heterocycles. The van der Waals surface area contributed by atoms with Gasteiger partial charge in [-0.05, 0) is 6.42 Å². The van der Waals surface area contributed by atoms with Gasteiger partial charge in [-0.1, -0.05) is 90.4 Å². The van der Waals surface area contributed by atoms with Crippen molar-refractivity contribution in [2.24, 2.45) is 0 Å². The molecule has 0 aliphatic rings. The first-order valence-electron chi connectivity index (χ1n) is 9.12. The Kier molecular flexibility index (Phi) is 13.0. The summed E-state index contributed by atoms with van der Waals surface area (Å²) in [5, 5.41) is 0. The summed E-state index contributed by atoms with van der Waals surface area (Å²) < 4.78 is 59.3. The van der Waals surface area contributed by atoms with Crippen LogP contribution in [0.5, 0.6) is 0 Å². The van der Waals surface area contributed by atoms with Crippen LogP contribution < -0.4 is 0 Å². The van der Waals surface area contributed by atoms with E-state index in [0.29, 0.717) is 12.8 Å². The minimum Gasteiger partial charge on any atom is -0.284 e. The largest absolute Gasteiger partial charge is 0.284 e. The molecule has 0 spiro atoms. The Morgan fingerprint density at radius 1 is 0.583 bits per heavy atom. The van der Waals surface area contributed by atoms with Crippen LogP contribution in [-0.2, 0) is 20.2 Å². The molecule has 24 heavy (non-hydrogen) atoms. The zero-order valence-corrected chi connectivity index (χ0v) is 16.5. The molecular formula is C16H34O6S2. The van der Waals surface area contributed by atoms with Crippen molar-refractivity contribution in [2.45, 2.75) is 101 Å². The molecule has 0 aliphatic carbocycles. The van der Waals surface area contributed by atoms with Crippen molar-refractivity contribution in [3.8, 4) is 0 Å². The van der Waals surface area contributed by atoms with Crippen LogP contribution in [0.25, 0.3) is 0 Å². The van der Waals surface area contributed by atoms with Crippen molar-refractivity contribution >= 4 is 20.2 Å².